The summed E-state index contributed by atoms with van der Waals surface area (Å²) < 4.78 is 5.34. The number of H-pyrrole nitrogens is 3. The van der Waals surface area contributed by atoms with Crippen molar-refractivity contribution in [3.63, 3.8) is 0 Å². The second kappa shape index (κ2) is 51.0. The van der Waals surface area contributed by atoms with Gasteiger partial charge in [-0.05, 0) is 99.4 Å². The molecule has 6 aromatic rings. The van der Waals surface area contributed by atoms with Crippen LogP contribution in [0.2, 0.25) is 0 Å². The Morgan fingerprint density at radius 1 is 0.526 bits per heavy atom. The maximum atomic E-state index is 15.8. The number of nitrogens with one attached hydrogen (secondary N) is 13. The van der Waals surface area contributed by atoms with Crippen LogP contribution in [0.25, 0.3) is 21.8 Å². The molecule has 137 heavy (non-hydrogen) atoms. The van der Waals surface area contributed by atoms with Gasteiger partial charge in [0.05, 0.1) is 44.7 Å². The number of ether oxygens (including phenoxy) is 1. The van der Waals surface area contributed by atoms with E-state index in [4.69, 9.17) is 21.9 Å². The quantitative estimate of drug-likeness (QED) is 0.0235. The molecule has 0 bridgehead atoms. The normalized spacial score (nSPS) is 24.5. The Morgan fingerprint density at radius 2 is 1.07 bits per heavy atom. The number of imidazole rings is 1. The first-order valence-corrected chi connectivity index (χ1v) is 46.6. The number of hydrogen-bond acceptors (Lipinski definition) is 24. The molecular formula is C91H124N22O23S. The highest BCUT2D eigenvalue weighted by Crippen LogP contribution is 2.28. The van der Waals surface area contributed by atoms with E-state index in [9.17, 15) is 68.1 Å². The van der Waals surface area contributed by atoms with Gasteiger partial charge in [0.25, 0.3) is 0 Å². The minimum Gasteiger partial charge on any atom is -0.497 e. The monoisotopic (exact) mass is 1920 g/mol. The van der Waals surface area contributed by atoms with Gasteiger partial charge in [0, 0.05) is 125 Å². The summed E-state index contributed by atoms with van der Waals surface area (Å²) in [5.74, 6) is -20.9. The van der Waals surface area contributed by atoms with E-state index in [0.717, 1.165) is 36.3 Å². The number of unbranched alkanes of at least 4 members (excludes halogenated alkanes) is 2. The van der Waals surface area contributed by atoms with Crippen molar-refractivity contribution < 1.29 is 111 Å². The lowest BCUT2D eigenvalue weighted by atomic mass is 9.99. The van der Waals surface area contributed by atoms with Gasteiger partial charge < -0.3 is 130 Å². The van der Waals surface area contributed by atoms with Crippen LogP contribution in [0, 0.1) is 0 Å². The number of thioether (sulfide) groups is 1. The van der Waals surface area contributed by atoms with Gasteiger partial charge in [0.2, 0.25) is 100 Å². The Balaban J connectivity index is 1.11. The number of hydrogen-bond donors (Lipinski definition) is 19. The predicted octanol–water partition coefficient (Wildman–Crippen LogP) is -2.85. The molecule has 3 aromatic carbocycles. The number of carboxylic acids is 2. The molecule has 3 saturated heterocycles. The number of carboxylic acid groups (broad SMARTS) is 2. The highest BCUT2D eigenvalue weighted by Gasteiger charge is 2.47. The number of carbonyl (C=O) groups excluding carboxylic acids is 17. The summed E-state index contributed by atoms with van der Waals surface area (Å²) in [4.78, 5) is 294. The zero-order valence-corrected chi connectivity index (χ0v) is 78.2. The molecule has 3 aromatic heterocycles. The summed E-state index contributed by atoms with van der Waals surface area (Å²) in [7, 11) is 5.27. The SMILES string of the molecule is CCCC[C@H]1C(=O)N(C)[C@@H](CCCC)C(=O)N[C@@H](CCCN)C(=O)N[C@H](C(=O)NCC(N)=O)CSCC(=O)N[C@@H](Cc2ccc(OC)cc2)C(=O)N(C)[C@@H](C)C(=O)N[C@H](CC(N)=O)C(=O)N2CCC[C@H]2C(=O)N[C@@H](Cc2cnc[nH]2)C(=O)N[C@@H](CCC(=O)O)C(=O)N2C[C@H](O)C[C@H]2C(=O)N[C@@H](Cc2c[nH]c3ccccc23)C(=O)N[C@@H](CC(=O)O)C(=O)N[C@@H](Cc2c[nH]c3ccccc23)C(=O)N1C. The Morgan fingerprint density at radius 3 is 1.66 bits per heavy atom. The highest BCUT2D eigenvalue weighted by atomic mass is 32.2. The second-order valence-corrected chi connectivity index (χ2v) is 35.4. The lowest BCUT2D eigenvalue weighted by Crippen LogP contribution is -2.61. The van der Waals surface area contributed by atoms with Crippen LogP contribution in [0.1, 0.15) is 139 Å². The van der Waals surface area contributed by atoms with Crippen LogP contribution in [0.3, 0.4) is 0 Å². The molecule has 46 heteroatoms. The number of rotatable bonds is 28. The summed E-state index contributed by atoms with van der Waals surface area (Å²) in [6.07, 6.45) is 0.107. The van der Waals surface area contributed by atoms with Crippen LogP contribution >= 0.6 is 11.8 Å². The molecule has 3 fully saturated rings. The lowest BCUT2D eigenvalue weighted by Gasteiger charge is -2.36. The molecule has 9 rings (SSSR count). The van der Waals surface area contributed by atoms with Crippen LogP contribution in [0.15, 0.2) is 97.7 Å². The Labute approximate surface area is 793 Å². The van der Waals surface area contributed by atoms with Crippen LogP contribution in [-0.2, 0) is 117 Å². The molecule has 742 valence electrons. The number of likely N-dealkylation sites (N-methyl/N-ethyl adjacent to an activating group) is 3. The highest BCUT2D eigenvalue weighted by molar-refractivity contribution is 8.00. The molecule has 0 saturated carbocycles. The van der Waals surface area contributed by atoms with Crippen molar-refractivity contribution in [3.8, 4) is 5.75 Å². The zero-order chi connectivity index (χ0) is 100. The van der Waals surface area contributed by atoms with Gasteiger partial charge >= 0.3 is 11.9 Å². The van der Waals surface area contributed by atoms with Gasteiger partial charge in [-0.3, -0.25) is 91.1 Å². The van der Waals surface area contributed by atoms with Crippen molar-refractivity contribution in [3.05, 3.63) is 120 Å². The van der Waals surface area contributed by atoms with Gasteiger partial charge in [-0.2, -0.15) is 0 Å². The van der Waals surface area contributed by atoms with Crippen LogP contribution in [0.5, 0.6) is 5.75 Å². The zero-order valence-electron chi connectivity index (χ0n) is 77.4. The number of amides is 17. The van der Waals surface area contributed by atoms with Crippen LogP contribution in [0.4, 0.5) is 0 Å². The molecule has 17 amide bonds. The number of nitrogens with zero attached hydrogens (tertiary/aromatic N) is 6. The fourth-order valence-electron chi connectivity index (χ4n) is 16.7. The molecule has 45 nitrogen and oxygen atoms in total. The summed E-state index contributed by atoms with van der Waals surface area (Å²) in [5, 5.41) is 59.1. The average molecular weight is 1930 g/mol. The van der Waals surface area contributed by atoms with Crippen molar-refractivity contribution in [2.24, 2.45) is 17.2 Å². The lowest BCUT2D eigenvalue weighted by molar-refractivity contribution is -0.149. The van der Waals surface area contributed by atoms with E-state index in [1.54, 1.807) is 79.0 Å². The molecule has 6 heterocycles. The van der Waals surface area contributed by atoms with Crippen LogP contribution < -0.4 is 75.1 Å². The first-order chi connectivity index (χ1) is 65.3. The smallest absolute Gasteiger partial charge is 0.305 e. The standard InChI is InChI=1S/C91H124N22O23S/c1-8-10-23-69-84(128)101-60(22-16-32-92)80(124)108-68(79(123)98-44-74(94)116)46-137-47-75(117)100-65(34-50-26-28-55(136-7)29-27-50)87(131)109(4)49(3)78(122)106-67(39-73(93)115)90(134)112-33-17-25-70(112)85(129)105-63(37-53-43-95-48-99-53)82(126)102-61(30-31-76(118)119)89(133)113-45-54(114)38-72(113)86(130)104-62(35-51-41-96-58-20-14-12-18-56(51)58)81(125)103-64(40-77(120)121)83(127)107-66(36-52-42-97-59-21-15-13-19-57(52)59)88(132)111(6)71(24-11-9-2)91(135)110(69)5/h12-15,18-21,26-29,41-43,48-49,54,60-72,96-97,114H,8-11,16-17,22-25,30-40,44-47,92H2,1-7H3,(H2,93,115)(H2,94,116)(H,95,99)(H,98,123)(H,100,117)(H,101,128)(H,102,126)(H,103,125)(H,104,130)(H,105,129)(H,106,122)(H,107,127)(H,108,124)(H,118,119)(H,120,121)/t49-,54+,60-,61-,62-,63-,64-,65-,66-,67+,68-,69-,70-,71-,72-/m0/s1. The molecule has 0 aliphatic carbocycles. The number of carbonyl (C=O) groups is 19. The molecule has 0 spiro atoms. The average Bonchev–Trinajstić information content (AvgIpc) is 1.77. The number of primary amides is 2. The summed E-state index contributed by atoms with van der Waals surface area (Å²) >= 11 is 0.774. The third-order valence-electron chi connectivity index (χ3n) is 24.4. The van der Waals surface area contributed by atoms with E-state index in [-0.39, 0.29) is 70.2 Å². The van der Waals surface area contributed by atoms with Gasteiger partial charge in [-0.25, -0.2) is 4.98 Å². The van der Waals surface area contributed by atoms with Gasteiger partial charge in [-0.1, -0.05) is 88.1 Å². The Bertz CT molecular complexity index is 5320. The number of nitrogens with two attached hydrogens (primary N) is 3. The topological polar surface area (TPSA) is 669 Å². The van der Waals surface area contributed by atoms with E-state index in [1.165, 1.54) is 53.9 Å². The number of methoxy groups -OCH3 is 1. The molecule has 22 N–H and O–H groups in total. The summed E-state index contributed by atoms with van der Waals surface area (Å²) in [6, 6.07) is -3.09. The van der Waals surface area contributed by atoms with Gasteiger partial charge in [-0.15, -0.1) is 11.8 Å². The summed E-state index contributed by atoms with van der Waals surface area (Å²) in [5.41, 5.74) is 19.8. The van der Waals surface area contributed by atoms with Gasteiger partial charge in [0.15, 0.2) is 0 Å². The Kier molecular flexibility index (Phi) is 39.7. The van der Waals surface area contributed by atoms with Crippen molar-refractivity contribution in [1.29, 1.82) is 0 Å². The number of fused-ring (bicyclic) bond motifs is 4. The van der Waals surface area contributed by atoms with Crippen molar-refractivity contribution in [1.82, 2.24) is 97.6 Å². The van der Waals surface area contributed by atoms with E-state index in [2.05, 4.69) is 73.1 Å². The van der Waals surface area contributed by atoms with Crippen molar-refractivity contribution in [2.75, 3.05) is 65.9 Å². The van der Waals surface area contributed by atoms with E-state index in [0.29, 0.717) is 69.9 Å². The molecule has 0 radical (unpaired) electrons. The molecule has 15 atom stereocenters. The minimum absolute atomic E-state index is 0.0169. The summed E-state index contributed by atoms with van der Waals surface area (Å²) in [6.45, 7) is 3.37. The van der Waals surface area contributed by atoms with Crippen molar-refractivity contribution >= 4 is 146 Å². The Hall–Kier alpha value is -14.1. The number of aromatic amines is 3. The number of benzene rings is 3. The first-order valence-electron chi connectivity index (χ1n) is 45.4. The number of aromatic nitrogens is 4. The predicted molar refractivity (Wildman–Crippen MR) is 496 cm³/mol. The maximum absolute atomic E-state index is 15.8. The largest absolute Gasteiger partial charge is 0.497 e. The maximum Gasteiger partial charge on any atom is 0.305 e. The number of para-hydroxylation sites is 2. The fraction of sp³-hybridized carbons (Fsp3) is 0.516. The van der Waals surface area contributed by atoms with Gasteiger partial charge in [0.1, 0.15) is 90.3 Å². The second-order valence-electron chi connectivity index (χ2n) is 34.3. The molecule has 0 unspecified atom stereocenters. The van der Waals surface area contributed by atoms with E-state index in [1.807, 2.05) is 13.8 Å². The van der Waals surface area contributed by atoms with E-state index >= 15 is 38.4 Å². The number of aliphatic carboxylic acids is 2. The third kappa shape index (κ3) is 29.7. The fourth-order valence-corrected chi connectivity index (χ4v) is 17.6. The molecule has 3 aliphatic heterocycles. The first kappa shape index (κ1) is 107. The third-order valence-corrected chi connectivity index (χ3v) is 25.4. The molecule has 3 aliphatic rings. The number of aliphatic hydroxyl groups is 1. The van der Waals surface area contributed by atoms with Crippen LogP contribution in [-0.4, -0.2) is 329 Å². The number of aliphatic hydroxyl groups excluding tert-OH is 1. The van der Waals surface area contributed by atoms with Crippen molar-refractivity contribution in [2.45, 2.75) is 233 Å². The van der Waals surface area contributed by atoms with E-state index < -0.39 is 273 Å². The minimum atomic E-state index is -2.09. The molecular weight excluding hydrogens is 1800 g/mol.